The van der Waals surface area contributed by atoms with E-state index in [4.69, 9.17) is 9.47 Å². The quantitative estimate of drug-likeness (QED) is 0.417. The van der Waals surface area contributed by atoms with Crippen molar-refractivity contribution in [3.63, 3.8) is 0 Å². The molecule has 2 amide bonds. The molecule has 0 spiro atoms. The van der Waals surface area contributed by atoms with Crippen molar-refractivity contribution in [3.05, 3.63) is 23.8 Å². The predicted octanol–water partition coefficient (Wildman–Crippen LogP) is 2.19. The monoisotopic (exact) mass is 393 g/mol. The number of ether oxygens (including phenoxy) is 2. The Hall–Kier alpha value is -2.61. The van der Waals surface area contributed by atoms with Crippen molar-refractivity contribution >= 4 is 29.2 Å². The fourth-order valence-corrected chi connectivity index (χ4v) is 2.47. The maximum Gasteiger partial charge on any atom is 0.306 e. The molecule has 0 aliphatic carbocycles. The topological polar surface area (TPSA) is 97.0 Å². The summed E-state index contributed by atoms with van der Waals surface area (Å²) in [6.07, 6.45) is 0.761. The first kappa shape index (κ1) is 23.4. The standard InChI is InChI=1S/C20H31N3O5/c1-5-27-13-7-12-21-20(26)16-14-15(8-9-17(16)23(3)4)22-18(24)10-11-19(25)28-6-2/h8-9,14H,5-7,10-13H2,1-4H3,(H,21,26)(H,22,24). The predicted molar refractivity (Wildman–Crippen MR) is 109 cm³/mol. The summed E-state index contributed by atoms with van der Waals surface area (Å²) in [7, 11) is 3.69. The summed E-state index contributed by atoms with van der Waals surface area (Å²) in [6, 6.07) is 5.13. The maximum atomic E-state index is 12.6. The van der Waals surface area contributed by atoms with Gasteiger partial charge in [0, 0.05) is 51.6 Å². The molecule has 156 valence electrons. The van der Waals surface area contributed by atoms with Crippen LogP contribution in [0.15, 0.2) is 18.2 Å². The van der Waals surface area contributed by atoms with Crippen molar-refractivity contribution in [3.8, 4) is 0 Å². The number of anilines is 2. The van der Waals surface area contributed by atoms with Crippen molar-refractivity contribution < 1.29 is 23.9 Å². The minimum atomic E-state index is -0.410. The molecular weight excluding hydrogens is 362 g/mol. The molecule has 8 heteroatoms. The van der Waals surface area contributed by atoms with Gasteiger partial charge in [0.1, 0.15) is 0 Å². The van der Waals surface area contributed by atoms with Gasteiger partial charge in [0.25, 0.3) is 5.91 Å². The van der Waals surface area contributed by atoms with Crippen LogP contribution in [0.1, 0.15) is 43.5 Å². The first-order valence-corrected chi connectivity index (χ1v) is 9.51. The lowest BCUT2D eigenvalue weighted by atomic mass is 10.1. The average molecular weight is 393 g/mol. The van der Waals surface area contributed by atoms with E-state index in [0.29, 0.717) is 31.0 Å². The highest BCUT2D eigenvalue weighted by Crippen LogP contribution is 2.23. The van der Waals surface area contributed by atoms with E-state index in [-0.39, 0.29) is 31.3 Å². The maximum absolute atomic E-state index is 12.6. The van der Waals surface area contributed by atoms with Crippen LogP contribution in [0.25, 0.3) is 0 Å². The van der Waals surface area contributed by atoms with Crippen LogP contribution in [0.4, 0.5) is 11.4 Å². The number of carbonyl (C=O) groups is 3. The van der Waals surface area contributed by atoms with Crippen LogP contribution in [-0.2, 0) is 19.1 Å². The van der Waals surface area contributed by atoms with Gasteiger partial charge in [0.2, 0.25) is 5.91 Å². The third kappa shape index (κ3) is 8.39. The van der Waals surface area contributed by atoms with Crippen molar-refractivity contribution in [2.24, 2.45) is 0 Å². The summed E-state index contributed by atoms with van der Waals surface area (Å²) in [5.41, 5.74) is 1.70. The van der Waals surface area contributed by atoms with Crippen LogP contribution < -0.4 is 15.5 Å². The molecule has 0 bridgehead atoms. The number of nitrogens with zero attached hydrogens (tertiary/aromatic N) is 1. The molecule has 0 aliphatic rings. The third-order valence-electron chi connectivity index (χ3n) is 3.82. The van der Waals surface area contributed by atoms with Crippen molar-refractivity contribution in [1.82, 2.24) is 5.32 Å². The van der Waals surface area contributed by atoms with Gasteiger partial charge < -0.3 is 25.0 Å². The minimum Gasteiger partial charge on any atom is -0.466 e. The van der Waals surface area contributed by atoms with Crippen LogP contribution in [0.2, 0.25) is 0 Å². The van der Waals surface area contributed by atoms with E-state index in [2.05, 4.69) is 10.6 Å². The number of benzene rings is 1. The second-order valence-corrected chi connectivity index (χ2v) is 6.29. The second-order valence-electron chi connectivity index (χ2n) is 6.29. The Balaban J connectivity index is 2.74. The summed E-state index contributed by atoms with van der Waals surface area (Å²) in [5, 5.41) is 5.59. The molecule has 2 N–H and O–H groups in total. The fourth-order valence-electron chi connectivity index (χ4n) is 2.47. The molecular formula is C20H31N3O5. The number of hydrogen-bond donors (Lipinski definition) is 2. The Morgan fingerprint density at radius 2 is 1.82 bits per heavy atom. The van der Waals surface area contributed by atoms with Crippen molar-refractivity contribution in [2.45, 2.75) is 33.1 Å². The molecule has 1 aromatic carbocycles. The van der Waals surface area contributed by atoms with Crippen molar-refractivity contribution in [2.75, 3.05) is 50.7 Å². The summed E-state index contributed by atoms with van der Waals surface area (Å²) >= 11 is 0. The van der Waals surface area contributed by atoms with E-state index in [1.807, 2.05) is 25.9 Å². The molecule has 0 atom stereocenters. The van der Waals surface area contributed by atoms with Gasteiger partial charge in [-0.2, -0.15) is 0 Å². The molecule has 1 rings (SSSR count). The second kappa shape index (κ2) is 12.7. The molecule has 0 aromatic heterocycles. The number of amides is 2. The van der Waals surface area contributed by atoms with E-state index in [0.717, 1.165) is 12.1 Å². The normalized spacial score (nSPS) is 10.3. The lowest BCUT2D eigenvalue weighted by Crippen LogP contribution is -2.27. The van der Waals surface area contributed by atoms with Crippen LogP contribution in [0, 0.1) is 0 Å². The SMILES string of the molecule is CCOCCCNC(=O)c1cc(NC(=O)CCC(=O)OCC)ccc1N(C)C. The van der Waals surface area contributed by atoms with Gasteiger partial charge >= 0.3 is 5.97 Å². The zero-order chi connectivity index (χ0) is 20.9. The molecule has 0 radical (unpaired) electrons. The van der Waals surface area contributed by atoms with E-state index < -0.39 is 5.97 Å². The van der Waals surface area contributed by atoms with Gasteiger partial charge in [-0.15, -0.1) is 0 Å². The van der Waals surface area contributed by atoms with Gasteiger partial charge in [-0.25, -0.2) is 0 Å². The molecule has 0 aliphatic heterocycles. The highest BCUT2D eigenvalue weighted by Gasteiger charge is 2.15. The van der Waals surface area contributed by atoms with Gasteiger partial charge in [0.15, 0.2) is 0 Å². The lowest BCUT2D eigenvalue weighted by molar-refractivity contribution is -0.144. The molecule has 1 aromatic rings. The largest absolute Gasteiger partial charge is 0.466 e. The zero-order valence-corrected chi connectivity index (χ0v) is 17.2. The lowest BCUT2D eigenvalue weighted by Gasteiger charge is -2.18. The van der Waals surface area contributed by atoms with Crippen LogP contribution in [0.3, 0.4) is 0 Å². The molecule has 0 unspecified atom stereocenters. The van der Waals surface area contributed by atoms with E-state index in [9.17, 15) is 14.4 Å². The van der Waals surface area contributed by atoms with Gasteiger partial charge in [-0.1, -0.05) is 0 Å². The summed E-state index contributed by atoms with van der Waals surface area (Å²) in [6.45, 7) is 5.67. The van der Waals surface area contributed by atoms with Gasteiger partial charge in [0.05, 0.1) is 18.6 Å². The zero-order valence-electron chi connectivity index (χ0n) is 17.2. The fraction of sp³-hybridized carbons (Fsp3) is 0.550. The summed E-state index contributed by atoms with van der Waals surface area (Å²) < 4.78 is 10.1. The first-order chi connectivity index (χ1) is 13.4. The molecule has 8 nitrogen and oxygen atoms in total. The van der Waals surface area contributed by atoms with Gasteiger partial charge in [-0.05, 0) is 38.5 Å². The third-order valence-corrected chi connectivity index (χ3v) is 3.82. The number of hydrogen-bond acceptors (Lipinski definition) is 6. The van der Waals surface area contributed by atoms with E-state index in [1.54, 1.807) is 25.1 Å². The Morgan fingerprint density at radius 3 is 2.46 bits per heavy atom. The summed E-state index contributed by atoms with van der Waals surface area (Å²) in [4.78, 5) is 37.8. The highest BCUT2D eigenvalue weighted by molar-refractivity contribution is 6.02. The first-order valence-electron chi connectivity index (χ1n) is 9.51. The van der Waals surface area contributed by atoms with Gasteiger partial charge in [-0.3, -0.25) is 14.4 Å². The Bertz CT molecular complexity index is 661. The number of esters is 1. The Kier molecular flexibility index (Phi) is 10.6. The Labute approximate surface area is 166 Å². The van der Waals surface area contributed by atoms with Crippen LogP contribution >= 0.6 is 0 Å². The highest BCUT2D eigenvalue weighted by atomic mass is 16.5. The molecule has 0 saturated heterocycles. The molecule has 0 heterocycles. The van der Waals surface area contributed by atoms with Crippen molar-refractivity contribution in [1.29, 1.82) is 0 Å². The minimum absolute atomic E-state index is 0.0165. The van der Waals surface area contributed by atoms with Crippen LogP contribution in [-0.4, -0.2) is 58.2 Å². The number of nitrogens with one attached hydrogen (secondary N) is 2. The smallest absolute Gasteiger partial charge is 0.306 e. The molecule has 0 saturated carbocycles. The van der Waals surface area contributed by atoms with Crippen LogP contribution in [0.5, 0.6) is 0 Å². The number of rotatable bonds is 12. The van der Waals surface area contributed by atoms with E-state index >= 15 is 0 Å². The van der Waals surface area contributed by atoms with E-state index in [1.165, 1.54) is 0 Å². The average Bonchev–Trinajstić information content (AvgIpc) is 2.66. The summed E-state index contributed by atoms with van der Waals surface area (Å²) in [5.74, 6) is -0.940. The number of carbonyl (C=O) groups excluding carboxylic acids is 3. The Morgan fingerprint density at radius 1 is 1.07 bits per heavy atom. The molecule has 0 fully saturated rings. The molecule has 28 heavy (non-hydrogen) atoms.